The van der Waals surface area contributed by atoms with Crippen LogP contribution in [-0.2, 0) is 4.74 Å². The van der Waals surface area contributed by atoms with Crippen LogP contribution in [0.5, 0.6) is 0 Å². The van der Waals surface area contributed by atoms with Crippen LogP contribution >= 0.6 is 0 Å². The van der Waals surface area contributed by atoms with Gasteiger partial charge in [0.05, 0.1) is 12.7 Å². The van der Waals surface area contributed by atoms with Crippen molar-refractivity contribution >= 4 is 0 Å². The largest absolute Gasteiger partial charge is 0.395 e. The summed E-state index contributed by atoms with van der Waals surface area (Å²) in [6.07, 6.45) is 10.8. The summed E-state index contributed by atoms with van der Waals surface area (Å²) in [7, 11) is 0. The first kappa shape index (κ1) is 13.3. The van der Waals surface area contributed by atoms with Crippen LogP contribution in [-0.4, -0.2) is 37.0 Å². The normalized spacial score (nSPS) is 28.4. The lowest BCUT2D eigenvalue weighted by molar-refractivity contribution is 0.101. The zero-order chi connectivity index (χ0) is 11.9. The van der Waals surface area contributed by atoms with Crippen molar-refractivity contribution in [3.63, 3.8) is 0 Å². The van der Waals surface area contributed by atoms with E-state index in [-0.39, 0.29) is 12.6 Å². The van der Waals surface area contributed by atoms with Crippen molar-refractivity contribution in [1.29, 1.82) is 0 Å². The maximum atomic E-state index is 9.43. The molecule has 1 aliphatic carbocycles. The van der Waals surface area contributed by atoms with Crippen LogP contribution in [0.1, 0.15) is 51.4 Å². The zero-order valence-electron chi connectivity index (χ0n) is 10.9. The third kappa shape index (κ3) is 4.57. The van der Waals surface area contributed by atoms with Crippen molar-refractivity contribution in [3.05, 3.63) is 0 Å². The van der Waals surface area contributed by atoms with Gasteiger partial charge in [0.15, 0.2) is 0 Å². The fraction of sp³-hybridized carbons (Fsp3) is 1.00. The lowest BCUT2D eigenvalue weighted by Gasteiger charge is -2.26. The average molecular weight is 241 g/mol. The fourth-order valence-electron chi connectivity index (χ4n) is 3.15. The number of aliphatic hydroxyl groups excluding tert-OH is 1. The van der Waals surface area contributed by atoms with Crippen molar-refractivity contribution in [2.45, 2.75) is 63.5 Å². The van der Waals surface area contributed by atoms with Gasteiger partial charge < -0.3 is 15.2 Å². The summed E-state index contributed by atoms with van der Waals surface area (Å²) in [6.45, 7) is 2.10. The van der Waals surface area contributed by atoms with Crippen LogP contribution in [0.2, 0.25) is 0 Å². The van der Waals surface area contributed by atoms with E-state index in [2.05, 4.69) is 5.32 Å². The molecule has 2 atom stereocenters. The minimum Gasteiger partial charge on any atom is -0.395 e. The molecule has 2 fully saturated rings. The van der Waals surface area contributed by atoms with Crippen molar-refractivity contribution < 1.29 is 9.84 Å². The highest BCUT2D eigenvalue weighted by molar-refractivity contribution is 4.76. The molecule has 1 saturated carbocycles. The van der Waals surface area contributed by atoms with E-state index < -0.39 is 0 Å². The van der Waals surface area contributed by atoms with E-state index in [0.717, 1.165) is 25.5 Å². The van der Waals surface area contributed by atoms with Gasteiger partial charge in [-0.15, -0.1) is 0 Å². The molecule has 0 aromatic carbocycles. The Hall–Kier alpha value is -0.120. The van der Waals surface area contributed by atoms with Crippen LogP contribution in [0.4, 0.5) is 0 Å². The Balaban J connectivity index is 1.64. The number of hydrogen-bond donors (Lipinski definition) is 2. The molecule has 1 saturated heterocycles. The highest BCUT2D eigenvalue weighted by Gasteiger charge is 2.20. The third-order valence-electron chi connectivity index (χ3n) is 4.22. The molecule has 0 radical (unpaired) electrons. The molecular weight excluding hydrogens is 214 g/mol. The van der Waals surface area contributed by atoms with Crippen molar-refractivity contribution in [2.24, 2.45) is 5.92 Å². The minimum absolute atomic E-state index is 0.267. The molecule has 0 aromatic heterocycles. The second-order valence-electron chi connectivity index (χ2n) is 5.66. The van der Waals surface area contributed by atoms with Crippen LogP contribution in [0.25, 0.3) is 0 Å². The summed E-state index contributed by atoms with van der Waals surface area (Å²) < 4.78 is 5.59. The molecule has 17 heavy (non-hydrogen) atoms. The highest BCUT2D eigenvalue weighted by atomic mass is 16.5. The summed E-state index contributed by atoms with van der Waals surface area (Å²) >= 11 is 0. The topological polar surface area (TPSA) is 41.5 Å². The van der Waals surface area contributed by atoms with Crippen LogP contribution in [0, 0.1) is 5.92 Å². The smallest absolute Gasteiger partial charge is 0.0700 e. The van der Waals surface area contributed by atoms with E-state index in [1.165, 1.54) is 44.9 Å². The van der Waals surface area contributed by atoms with Gasteiger partial charge in [0.1, 0.15) is 0 Å². The summed E-state index contributed by atoms with van der Waals surface area (Å²) in [4.78, 5) is 0. The first-order valence-corrected chi connectivity index (χ1v) is 7.34. The molecule has 0 aromatic rings. The van der Waals surface area contributed by atoms with Gasteiger partial charge in [-0.1, -0.05) is 32.1 Å². The molecule has 2 aliphatic rings. The average Bonchev–Trinajstić information content (AvgIpc) is 2.89. The maximum Gasteiger partial charge on any atom is 0.0700 e. The first-order chi connectivity index (χ1) is 8.38. The van der Waals surface area contributed by atoms with E-state index in [0.29, 0.717) is 6.10 Å². The van der Waals surface area contributed by atoms with E-state index >= 15 is 0 Å². The fourth-order valence-corrected chi connectivity index (χ4v) is 3.15. The van der Waals surface area contributed by atoms with E-state index in [1.54, 1.807) is 0 Å². The Kier molecular flexibility index (Phi) is 5.75. The van der Waals surface area contributed by atoms with Gasteiger partial charge >= 0.3 is 0 Å². The monoisotopic (exact) mass is 241 g/mol. The maximum absolute atomic E-state index is 9.43. The molecule has 0 bridgehead atoms. The van der Waals surface area contributed by atoms with Gasteiger partial charge in [-0.25, -0.2) is 0 Å². The number of aliphatic hydroxyl groups is 1. The molecule has 2 N–H and O–H groups in total. The van der Waals surface area contributed by atoms with Gasteiger partial charge in [-0.05, 0) is 25.2 Å². The van der Waals surface area contributed by atoms with Crippen molar-refractivity contribution in [3.8, 4) is 0 Å². The Morgan fingerprint density at radius 2 is 1.94 bits per heavy atom. The van der Waals surface area contributed by atoms with Crippen molar-refractivity contribution in [1.82, 2.24) is 5.32 Å². The second-order valence-corrected chi connectivity index (χ2v) is 5.66. The van der Waals surface area contributed by atoms with Gasteiger partial charge in [0.2, 0.25) is 0 Å². The molecule has 2 unspecified atom stereocenters. The van der Waals surface area contributed by atoms with E-state index in [9.17, 15) is 5.11 Å². The molecule has 1 heterocycles. The summed E-state index contributed by atoms with van der Waals surface area (Å²) in [6, 6.07) is 0.280. The molecule has 2 rings (SSSR count). The highest BCUT2D eigenvalue weighted by Crippen LogP contribution is 2.27. The third-order valence-corrected chi connectivity index (χ3v) is 4.22. The molecule has 100 valence electrons. The van der Waals surface area contributed by atoms with Gasteiger partial charge in [0.25, 0.3) is 0 Å². The quantitative estimate of drug-likeness (QED) is 0.748. The number of ether oxygens (including phenoxy) is 1. The van der Waals surface area contributed by atoms with Gasteiger partial charge in [-0.3, -0.25) is 0 Å². The van der Waals surface area contributed by atoms with Gasteiger partial charge in [-0.2, -0.15) is 0 Å². The summed E-state index contributed by atoms with van der Waals surface area (Å²) in [5.74, 6) is 0.831. The Labute approximate surface area is 105 Å². The lowest BCUT2D eigenvalue weighted by Crippen LogP contribution is -2.39. The van der Waals surface area contributed by atoms with Gasteiger partial charge in [0, 0.05) is 19.2 Å². The number of rotatable bonds is 6. The van der Waals surface area contributed by atoms with E-state index in [4.69, 9.17) is 4.74 Å². The van der Waals surface area contributed by atoms with Crippen LogP contribution in [0.15, 0.2) is 0 Å². The lowest BCUT2D eigenvalue weighted by atomic mass is 9.85. The Bertz CT molecular complexity index is 198. The van der Waals surface area contributed by atoms with Crippen LogP contribution in [0.3, 0.4) is 0 Å². The zero-order valence-corrected chi connectivity index (χ0v) is 10.9. The molecule has 3 nitrogen and oxygen atoms in total. The minimum atomic E-state index is 0.267. The Morgan fingerprint density at radius 1 is 1.12 bits per heavy atom. The number of hydrogen-bond acceptors (Lipinski definition) is 3. The second kappa shape index (κ2) is 7.34. The predicted molar refractivity (Wildman–Crippen MR) is 69.0 cm³/mol. The van der Waals surface area contributed by atoms with E-state index in [1.807, 2.05) is 0 Å². The molecule has 0 amide bonds. The molecular formula is C14H27NO2. The Morgan fingerprint density at radius 3 is 2.59 bits per heavy atom. The predicted octanol–water partition coefficient (Wildman–Crippen LogP) is 2.09. The molecule has 1 aliphatic heterocycles. The molecule has 3 heteroatoms. The standard InChI is InChI=1S/C14H27NO2/c16-11-13(9-12-5-2-1-3-6-12)15-10-14-7-4-8-17-14/h12-16H,1-11H2. The van der Waals surface area contributed by atoms with Crippen molar-refractivity contribution in [2.75, 3.05) is 19.8 Å². The SMILES string of the molecule is OCC(CC1CCCCC1)NCC1CCCO1. The summed E-state index contributed by atoms with van der Waals surface area (Å²) in [5, 5.41) is 12.9. The first-order valence-electron chi connectivity index (χ1n) is 7.34. The number of nitrogens with one attached hydrogen (secondary N) is 1. The van der Waals surface area contributed by atoms with Crippen LogP contribution < -0.4 is 5.32 Å². The summed E-state index contributed by atoms with van der Waals surface area (Å²) in [5.41, 5.74) is 0. The molecule has 0 spiro atoms.